The Hall–Kier alpha value is -1.88. The van der Waals surface area contributed by atoms with Crippen LogP contribution in [0, 0.1) is 5.41 Å². The lowest BCUT2D eigenvalue weighted by Gasteiger charge is -2.40. The molecule has 1 spiro atoms. The Balaban J connectivity index is 1.27. The van der Waals surface area contributed by atoms with Crippen molar-refractivity contribution >= 4 is 11.8 Å². The van der Waals surface area contributed by atoms with Gasteiger partial charge in [0, 0.05) is 32.7 Å². The number of hydrogen-bond donors (Lipinski definition) is 1. The fourth-order valence-electron chi connectivity index (χ4n) is 5.44. The van der Waals surface area contributed by atoms with E-state index < -0.39 is 0 Å². The van der Waals surface area contributed by atoms with Gasteiger partial charge in [-0.25, -0.2) is 0 Å². The second-order valence-corrected chi connectivity index (χ2v) is 8.72. The predicted molar refractivity (Wildman–Crippen MR) is 98.6 cm³/mol. The zero-order valence-electron chi connectivity index (χ0n) is 15.2. The van der Waals surface area contributed by atoms with Crippen molar-refractivity contribution in [3.63, 3.8) is 0 Å². The van der Waals surface area contributed by atoms with Gasteiger partial charge in [-0.15, -0.1) is 0 Å². The molecule has 26 heavy (non-hydrogen) atoms. The molecule has 4 fully saturated rings. The van der Waals surface area contributed by atoms with Gasteiger partial charge < -0.3 is 10.2 Å². The maximum atomic E-state index is 13.2. The molecule has 5 heteroatoms. The lowest BCUT2D eigenvalue weighted by atomic mass is 9.76. The second kappa shape index (κ2) is 5.81. The van der Waals surface area contributed by atoms with Crippen molar-refractivity contribution in [2.45, 2.75) is 43.6 Å². The molecule has 3 aliphatic heterocycles. The first kappa shape index (κ1) is 16.3. The number of amides is 2. The number of rotatable bonds is 2. The molecule has 3 saturated heterocycles. The van der Waals surface area contributed by atoms with E-state index in [2.05, 4.69) is 27.2 Å². The molecule has 1 aromatic rings. The minimum Gasteiger partial charge on any atom is -0.353 e. The number of piperidine rings is 1. The van der Waals surface area contributed by atoms with E-state index in [-0.39, 0.29) is 22.8 Å². The summed E-state index contributed by atoms with van der Waals surface area (Å²) < 4.78 is 0. The Labute approximate surface area is 154 Å². The van der Waals surface area contributed by atoms with Crippen molar-refractivity contribution in [2.24, 2.45) is 5.41 Å². The zero-order chi connectivity index (χ0) is 17.8. The van der Waals surface area contributed by atoms with Crippen molar-refractivity contribution in [2.75, 3.05) is 32.7 Å². The van der Waals surface area contributed by atoms with Crippen LogP contribution in [0.5, 0.6) is 0 Å². The first-order valence-corrected chi connectivity index (χ1v) is 9.99. The van der Waals surface area contributed by atoms with Gasteiger partial charge in [-0.2, -0.15) is 0 Å². The van der Waals surface area contributed by atoms with Gasteiger partial charge in [-0.05, 0) is 43.1 Å². The molecule has 0 radical (unpaired) electrons. The van der Waals surface area contributed by atoms with Crippen molar-refractivity contribution in [1.29, 1.82) is 0 Å². The Morgan fingerprint density at radius 3 is 2.42 bits per heavy atom. The average molecular weight is 353 g/mol. The lowest BCUT2D eigenvalue weighted by Crippen LogP contribution is -2.52. The van der Waals surface area contributed by atoms with E-state index in [9.17, 15) is 9.59 Å². The monoisotopic (exact) mass is 353 g/mol. The first-order valence-electron chi connectivity index (χ1n) is 9.99. The quantitative estimate of drug-likeness (QED) is 0.877. The summed E-state index contributed by atoms with van der Waals surface area (Å²) >= 11 is 0. The molecule has 4 aliphatic rings. The third-order valence-electron chi connectivity index (χ3n) is 7.20. The highest BCUT2D eigenvalue weighted by molar-refractivity contribution is 5.91. The van der Waals surface area contributed by atoms with E-state index in [4.69, 9.17) is 0 Å². The normalized spacial score (nSPS) is 29.3. The molecule has 1 unspecified atom stereocenters. The van der Waals surface area contributed by atoms with Crippen LogP contribution in [0.1, 0.15) is 37.7 Å². The molecule has 5 rings (SSSR count). The fourth-order valence-corrected chi connectivity index (χ4v) is 5.44. The molecule has 1 aromatic carbocycles. The summed E-state index contributed by atoms with van der Waals surface area (Å²) in [6.07, 6.45) is 4.99. The van der Waals surface area contributed by atoms with Gasteiger partial charge in [-0.3, -0.25) is 14.5 Å². The third kappa shape index (κ3) is 2.48. The van der Waals surface area contributed by atoms with Crippen LogP contribution in [0.3, 0.4) is 0 Å². The van der Waals surface area contributed by atoms with Crippen LogP contribution >= 0.6 is 0 Å². The number of benzene rings is 1. The summed E-state index contributed by atoms with van der Waals surface area (Å²) in [5.74, 6) is 0.527. The molecular weight excluding hydrogens is 326 g/mol. The fraction of sp³-hybridized carbons (Fsp3) is 0.619. The maximum absolute atomic E-state index is 13.2. The number of nitrogens with one attached hydrogen (secondary N) is 1. The molecule has 1 N–H and O–H groups in total. The number of likely N-dealkylation sites (tertiary alicyclic amines) is 1. The van der Waals surface area contributed by atoms with E-state index in [0.29, 0.717) is 5.91 Å². The van der Waals surface area contributed by atoms with Crippen LogP contribution in [0.15, 0.2) is 30.3 Å². The maximum Gasteiger partial charge on any atom is 0.237 e. The molecule has 1 atom stereocenters. The highest BCUT2D eigenvalue weighted by Crippen LogP contribution is 2.51. The number of carbonyl (C=O) groups is 2. The standard InChI is InChI=1S/C21H27N3O2/c25-18-17-14-20(15-24(17)13-10-22-18)8-11-23(12-9-20)19(26)21(6-7-21)16-4-2-1-3-5-16/h1-5,17H,6-15H2,(H,22,25). The number of fused-ring (bicyclic) bond motifs is 1. The number of nitrogens with zero attached hydrogens (tertiary/aromatic N) is 2. The van der Waals surface area contributed by atoms with E-state index >= 15 is 0 Å². The lowest BCUT2D eigenvalue weighted by molar-refractivity contribution is -0.136. The molecule has 1 saturated carbocycles. The highest BCUT2D eigenvalue weighted by atomic mass is 16.2. The summed E-state index contributed by atoms with van der Waals surface area (Å²) in [6.45, 7) is 4.45. The van der Waals surface area contributed by atoms with Crippen LogP contribution < -0.4 is 5.32 Å². The van der Waals surface area contributed by atoms with E-state index in [1.54, 1.807) is 0 Å². The van der Waals surface area contributed by atoms with E-state index in [1.165, 1.54) is 5.56 Å². The van der Waals surface area contributed by atoms with E-state index in [1.807, 2.05) is 18.2 Å². The van der Waals surface area contributed by atoms with Gasteiger partial charge in [0.15, 0.2) is 0 Å². The largest absolute Gasteiger partial charge is 0.353 e. The molecule has 3 heterocycles. The van der Waals surface area contributed by atoms with Crippen LogP contribution in [-0.2, 0) is 15.0 Å². The molecule has 2 amide bonds. The molecule has 0 aromatic heterocycles. The van der Waals surface area contributed by atoms with Gasteiger partial charge in [0.25, 0.3) is 0 Å². The average Bonchev–Trinajstić information content (AvgIpc) is 3.40. The number of piperazine rings is 1. The van der Waals surface area contributed by atoms with Gasteiger partial charge in [0.2, 0.25) is 11.8 Å². The zero-order valence-corrected chi connectivity index (χ0v) is 15.2. The summed E-state index contributed by atoms with van der Waals surface area (Å²) in [7, 11) is 0. The smallest absolute Gasteiger partial charge is 0.237 e. The van der Waals surface area contributed by atoms with Gasteiger partial charge >= 0.3 is 0 Å². The molecule has 1 aliphatic carbocycles. The summed E-state index contributed by atoms with van der Waals surface area (Å²) in [5, 5.41) is 3.00. The first-order chi connectivity index (χ1) is 12.6. The van der Waals surface area contributed by atoms with Crippen LogP contribution in [0.2, 0.25) is 0 Å². The Morgan fingerprint density at radius 2 is 1.77 bits per heavy atom. The second-order valence-electron chi connectivity index (χ2n) is 8.72. The minimum atomic E-state index is -0.251. The van der Waals surface area contributed by atoms with Crippen molar-refractivity contribution in [3.05, 3.63) is 35.9 Å². The summed E-state index contributed by atoms with van der Waals surface area (Å²) in [6, 6.07) is 10.3. The predicted octanol–water partition coefficient (Wildman–Crippen LogP) is 1.53. The molecule has 0 bridgehead atoms. The Bertz CT molecular complexity index is 720. The van der Waals surface area contributed by atoms with Crippen molar-refractivity contribution in [3.8, 4) is 0 Å². The Morgan fingerprint density at radius 1 is 1.04 bits per heavy atom. The molecule has 5 nitrogen and oxygen atoms in total. The third-order valence-corrected chi connectivity index (χ3v) is 7.20. The van der Waals surface area contributed by atoms with Gasteiger partial charge in [0.1, 0.15) is 0 Å². The van der Waals surface area contributed by atoms with Crippen molar-refractivity contribution < 1.29 is 9.59 Å². The van der Waals surface area contributed by atoms with Gasteiger partial charge in [-0.1, -0.05) is 30.3 Å². The van der Waals surface area contributed by atoms with E-state index in [0.717, 1.165) is 64.8 Å². The topological polar surface area (TPSA) is 52.7 Å². The van der Waals surface area contributed by atoms with Crippen molar-refractivity contribution in [1.82, 2.24) is 15.1 Å². The van der Waals surface area contributed by atoms with Crippen LogP contribution in [0.25, 0.3) is 0 Å². The summed E-state index contributed by atoms with van der Waals surface area (Å²) in [4.78, 5) is 29.9. The summed E-state index contributed by atoms with van der Waals surface area (Å²) in [5.41, 5.74) is 1.16. The van der Waals surface area contributed by atoms with Gasteiger partial charge in [0.05, 0.1) is 11.5 Å². The molecular formula is C21H27N3O2. The number of carbonyl (C=O) groups excluding carboxylic acids is 2. The number of hydrogen-bond acceptors (Lipinski definition) is 3. The highest BCUT2D eigenvalue weighted by Gasteiger charge is 2.55. The SMILES string of the molecule is O=C1NCCN2CC3(CCN(C(=O)C4(c5ccccc5)CC4)CC3)CC12. The molecule has 138 valence electrons. The Kier molecular flexibility index (Phi) is 3.64. The minimum absolute atomic E-state index is 0.0603. The van der Waals surface area contributed by atoms with Crippen LogP contribution in [0.4, 0.5) is 0 Å². The van der Waals surface area contributed by atoms with Crippen LogP contribution in [-0.4, -0.2) is 60.4 Å².